The van der Waals surface area contributed by atoms with Crippen molar-refractivity contribution in [3.63, 3.8) is 0 Å². The average molecular weight is 288 g/mol. The van der Waals surface area contributed by atoms with Crippen LogP contribution in [-0.4, -0.2) is 4.98 Å². The molecule has 1 atom stereocenters. The fraction of sp³-hybridized carbons (Fsp3) is 0.267. The lowest BCUT2D eigenvalue weighted by molar-refractivity contribution is 0.555. The van der Waals surface area contributed by atoms with Crippen molar-refractivity contribution >= 4 is 28.1 Å². The van der Waals surface area contributed by atoms with Crippen LogP contribution in [0.5, 0.6) is 0 Å². The number of thiophene rings is 1. The fourth-order valence-electron chi connectivity index (χ4n) is 2.45. The highest BCUT2D eigenvalue weighted by Gasteiger charge is 2.11. The van der Waals surface area contributed by atoms with Crippen molar-refractivity contribution in [1.82, 2.24) is 4.98 Å². The van der Waals surface area contributed by atoms with Crippen molar-refractivity contribution < 1.29 is 4.42 Å². The van der Waals surface area contributed by atoms with E-state index in [1.54, 1.807) is 6.07 Å². The first kappa shape index (κ1) is 13.0. The topological polar surface area (TPSA) is 58.0 Å². The van der Waals surface area contributed by atoms with E-state index in [0.717, 1.165) is 5.69 Å². The van der Waals surface area contributed by atoms with Gasteiger partial charge < -0.3 is 9.73 Å². The first-order chi connectivity index (χ1) is 9.52. The van der Waals surface area contributed by atoms with Crippen LogP contribution in [0.25, 0.3) is 11.1 Å². The predicted octanol–water partition coefficient (Wildman–Crippen LogP) is 3.97. The van der Waals surface area contributed by atoms with Crippen molar-refractivity contribution in [1.29, 1.82) is 0 Å². The molecule has 5 heteroatoms. The molecule has 0 aliphatic carbocycles. The normalized spacial score (nSPS) is 12.8. The molecular weight excluding hydrogens is 272 g/mol. The van der Waals surface area contributed by atoms with Crippen molar-refractivity contribution in [2.24, 2.45) is 0 Å². The number of rotatable bonds is 3. The molecule has 104 valence electrons. The molecule has 3 aromatic rings. The minimum absolute atomic E-state index is 0.219. The highest BCUT2D eigenvalue weighted by molar-refractivity contribution is 7.12. The summed E-state index contributed by atoms with van der Waals surface area (Å²) in [5, 5.41) is 3.46. The van der Waals surface area contributed by atoms with Gasteiger partial charge in [-0.2, -0.15) is 0 Å². The van der Waals surface area contributed by atoms with E-state index in [-0.39, 0.29) is 6.04 Å². The van der Waals surface area contributed by atoms with E-state index >= 15 is 0 Å². The van der Waals surface area contributed by atoms with E-state index in [4.69, 9.17) is 4.42 Å². The summed E-state index contributed by atoms with van der Waals surface area (Å²) in [4.78, 5) is 16.5. The lowest BCUT2D eigenvalue weighted by atomic mass is 10.1. The van der Waals surface area contributed by atoms with Crippen LogP contribution in [0.3, 0.4) is 0 Å². The number of hydrogen-bond acceptors (Lipinski definition) is 4. The van der Waals surface area contributed by atoms with Gasteiger partial charge in [-0.05, 0) is 50.6 Å². The summed E-state index contributed by atoms with van der Waals surface area (Å²) >= 11 is 1.81. The highest BCUT2D eigenvalue weighted by Crippen LogP contribution is 2.29. The Morgan fingerprint density at radius 3 is 2.80 bits per heavy atom. The van der Waals surface area contributed by atoms with Gasteiger partial charge in [0.25, 0.3) is 0 Å². The van der Waals surface area contributed by atoms with E-state index in [0.29, 0.717) is 11.1 Å². The van der Waals surface area contributed by atoms with E-state index < -0.39 is 5.76 Å². The number of oxazole rings is 1. The summed E-state index contributed by atoms with van der Waals surface area (Å²) in [6.45, 7) is 6.40. The van der Waals surface area contributed by atoms with Crippen LogP contribution in [0.4, 0.5) is 5.69 Å². The van der Waals surface area contributed by atoms with Gasteiger partial charge in [0, 0.05) is 21.5 Å². The quantitative estimate of drug-likeness (QED) is 0.766. The van der Waals surface area contributed by atoms with E-state index in [2.05, 4.69) is 37.1 Å². The third-order valence-corrected chi connectivity index (χ3v) is 4.33. The molecule has 0 saturated carbocycles. The Bertz CT molecular complexity index is 813. The zero-order valence-corrected chi connectivity index (χ0v) is 12.4. The third-order valence-electron chi connectivity index (χ3n) is 3.35. The first-order valence-corrected chi connectivity index (χ1v) is 7.31. The third kappa shape index (κ3) is 2.36. The smallest absolute Gasteiger partial charge is 0.408 e. The van der Waals surface area contributed by atoms with Crippen molar-refractivity contribution in [2.45, 2.75) is 26.8 Å². The van der Waals surface area contributed by atoms with E-state index in [9.17, 15) is 4.79 Å². The van der Waals surface area contributed by atoms with Crippen LogP contribution < -0.4 is 11.1 Å². The SMILES string of the molecule is Cc1cc(C(C)Nc2ccc3oc(=O)[nH]c3c2)c(C)s1. The number of H-pyrrole nitrogens is 1. The standard InChI is InChI=1S/C15H16N2O2S/c1-8-6-12(10(3)20-8)9(2)16-11-4-5-14-13(7-11)17-15(18)19-14/h4-7,9,16H,1-3H3,(H,17,18). The Labute approximate surface area is 120 Å². The molecule has 0 radical (unpaired) electrons. The van der Waals surface area contributed by atoms with Crippen molar-refractivity contribution in [3.8, 4) is 0 Å². The van der Waals surface area contributed by atoms with Gasteiger partial charge in [-0.15, -0.1) is 11.3 Å². The predicted molar refractivity (Wildman–Crippen MR) is 82.7 cm³/mol. The molecule has 20 heavy (non-hydrogen) atoms. The van der Waals surface area contributed by atoms with Gasteiger partial charge in [0.15, 0.2) is 5.58 Å². The van der Waals surface area contributed by atoms with Gasteiger partial charge in [-0.1, -0.05) is 0 Å². The Hall–Kier alpha value is -2.01. The Morgan fingerprint density at radius 2 is 2.10 bits per heavy atom. The zero-order valence-electron chi connectivity index (χ0n) is 11.6. The molecule has 2 heterocycles. The summed E-state index contributed by atoms with van der Waals surface area (Å²) in [6.07, 6.45) is 0. The Morgan fingerprint density at radius 1 is 1.30 bits per heavy atom. The van der Waals surface area contributed by atoms with Crippen molar-refractivity contribution in [3.05, 3.63) is 50.1 Å². The van der Waals surface area contributed by atoms with Crippen LogP contribution in [0.1, 0.15) is 28.3 Å². The molecule has 0 aliphatic rings. The lowest BCUT2D eigenvalue weighted by Crippen LogP contribution is -2.06. The van der Waals surface area contributed by atoms with Crippen molar-refractivity contribution in [2.75, 3.05) is 5.32 Å². The number of hydrogen-bond donors (Lipinski definition) is 2. The lowest BCUT2D eigenvalue weighted by Gasteiger charge is -2.15. The largest absolute Gasteiger partial charge is 0.417 e. The molecule has 0 spiro atoms. The number of aromatic nitrogens is 1. The van der Waals surface area contributed by atoms with Crippen LogP contribution in [-0.2, 0) is 0 Å². The molecule has 2 aromatic heterocycles. The minimum Gasteiger partial charge on any atom is -0.408 e. The summed E-state index contributed by atoms with van der Waals surface area (Å²) in [5.74, 6) is -0.422. The second-order valence-electron chi connectivity index (χ2n) is 4.96. The second kappa shape index (κ2) is 4.83. The molecular formula is C15H16N2O2S. The highest BCUT2D eigenvalue weighted by atomic mass is 32.1. The zero-order chi connectivity index (χ0) is 14.3. The number of benzene rings is 1. The number of fused-ring (bicyclic) bond motifs is 1. The summed E-state index contributed by atoms with van der Waals surface area (Å²) in [6, 6.07) is 8.05. The maximum Gasteiger partial charge on any atom is 0.417 e. The van der Waals surface area contributed by atoms with Gasteiger partial charge in [0.2, 0.25) is 0 Å². The molecule has 0 saturated heterocycles. The van der Waals surface area contributed by atoms with Crippen LogP contribution in [0.2, 0.25) is 0 Å². The van der Waals surface area contributed by atoms with Crippen LogP contribution in [0, 0.1) is 13.8 Å². The summed E-state index contributed by atoms with van der Waals surface area (Å²) in [7, 11) is 0. The Kier molecular flexibility index (Phi) is 3.14. The first-order valence-electron chi connectivity index (χ1n) is 6.49. The number of aryl methyl sites for hydroxylation is 2. The second-order valence-corrected chi connectivity index (χ2v) is 6.42. The number of anilines is 1. The van der Waals surface area contributed by atoms with E-state index in [1.165, 1.54) is 15.3 Å². The maximum atomic E-state index is 11.2. The van der Waals surface area contributed by atoms with Gasteiger partial charge in [-0.25, -0.2) is 4.79 Å². The van der Waals surface area contributed by atoms with E-state index in [1.807, 2.05) is 23.5 Å². The Balaban J connectivity index is 1.88. The minimum atomic E-state index is -0.422. The molecule has 0 aliphatic heterocycles. The number of nitrogens with one attached hydrogen (secondary N) is 2. The number of aromatic amines is 1. The summed E-state index contributed by atoms with van der Waals surface area (Å²) < 4.78 is 5.00. The fourth-order valence-corrected chi connectivity index (χ4v) is 3.47. The molecule has 0 bridgehead atoms. The van der Waals surface area contributed by atoms with Gasteiger partial charge in [0.05, 0.1) is 5.52 Å². The van der Waals surface area contributed by atoms with Gasteiger partial charge >= 0.3 is 5.76 Å². The van der Waals surface area contributed by atoms with Crippen LogP contribution >= 0.6 is 11.3 Å². The molecule has 1 aromatic carbocycles. The van der Waals surface area contributed by atoms with Gasteiger partial charge in [-0.3, -0.25) is 4.98 Å². The molecule has 3 rings (SSSR count). The van der Waals surface area contributed by atoms with Gasteiger partial charge in [0.1, 0.15) is 0 Å². The maximum absolute atomic E-state index is 11.2. The molecule has 0 fully saturated rings. The monoisotopic (exact) mass is 288 g/mol. The summed E-state index contributed by atoms with van der Waals surface area (Å²) in [5.41, 5.74) is 3.57. The molecule has 0 amide bonds. The molecule has 4 nitrogen and oxygen atoms in total. The molecule has 2 N–H and O–H groups in total. The average Bonchev–Trinajstić information content (AvgIpc) is 2.90. The molecule has 1 unspecified atom stereocenters. The van der Waals surface area contributed by atoms with Crippen LogP contribution in [0.15, 0.2) is 33.5 Å².